The average molecular weight is 267 g/mol. The highest BCUT2D eigenvalue weighted by molar-refractivity contribution is 5.96. The predicted octanol–water partition coefficient (Wildman–Crippen LogP) is 1.17. The van der Waals surface area contributed by atoms with Crippen molar-refractivity contribution in [1.82, 2.24) is 5.32 Å². The molecule has 1 aromatic rings. The van der Waals surface area contributed by atoms with Gasteiger partial charge in [0.25, 0.3) is 5.91 Å². The van der Waals surface area contributed by atoms with E-state index in [2.05, 4.69) is 5.32 Å². The Kier molecular flexibility index (Phi) is 4.37. The second kappa shape index (κ2) is 5.60. The topological polar surface area (TPSA) is 95.9 Å². The SMILES string of the molecule is CC(C)(C)OC(=O)CNC(=O)c1ccc(O)c(O)c1. The largest absolute Gasteiger partial charge is 0.504 e. The molecule has 0 aliphatic carbocycles. The zero-order valence-corrected chi connectivity index (χ0v) is 11.1. The highest BCUT2D eigenvalue weighted by Gasteiger charge is 2.17. The molecular weight excluding hydrogens is 250 g/mol. The van der Waals surface area contributed by atoms with E-state index in [4.69, 9.17) is 9.84 Å². The fourth-order valence-electron chi connectivity index (χ4n) is 1.30. The molecule has 0 heterocycles. The molecule has 0 radical (unpaired) electrons. The Balaban J connectivity index is 2.56. The van der Waals surface area contributed by atoms with Crippen molar-refractivity contribution in [3.05, 3.63) is 23.8 Å². The van der Waals surface area contributed by atoms with Gasteiger partial charge in [0.1, 0.15) is 12.1 Å². The van der Waals surface area contributed by atoms with Gasteiger partial charge in [0, 0.05) is 5.56 Å². The van der Waals surface area contributed by atoms with Gasteiger partial charge in [-0.15, -0.1) is 0 Å². The number of carbonyl (C=O) groups excluding carboxylic acids is 2. The molecule has 0 aliphatic rings. The Labute approximate surface area is 111 Å². The number of phenols is 2. The highest BCUT2D eigenvalue weighted by atomic mass is 16.6. The van der Waals surface area contributed by atoms with E-state index in [1.54, 1.807) is 20.8 Å². The highest BCUT2D eigenvalue weighted by Crippen LogP contribution is 2.24. The van der Waals surface area contributed by atoms with Crippen molar-refractivity contribution in [2.45, 2.75) is 26.4 Å². The molecule has 6 heteroatoms. The molecular formula is C13H17NO5. The maximum Gasteiger partial charge on any atom is 0.325 e. The van der Waals surface area contributed by atoms with Crippen LogP contribution in [0.3, 0.4) is 0 Å². The van der Waals surface area contributed by atoms with Crippen LogP contribution in [-0.2, 0) is 9.53 Å². The number of nitrogens with one attached hydrogen (secondary N) is 1. The first kappa shape index (κ1) is 14.8. The monoisotopic (exact) mass is 267 g/mol. The smallest absolute Gasteiger partial charge is 0.325 e. The summed E-state index contributed by atoms with van der Waals surface area (Å²) in [5.41, 5.74) is -0.475. The summed E-state index contributed by atoms with van der Waals surface area (Å²) in [6, 6.07) is 3.64. The van der Waals surface area contributed by atoms with Crippen LogP contribution in [0.25, 0.3) is 0 Å². The Morgan fingerprint density at radius 2 is 1.84 bits per heavy atom. The van der Waals surface area contributed by atoms with Gasteiger partial charge in [0.15, 0.2) is 11.5 Å². The van der Waals surface area contributed by atoms with Crippen LogP contribution in [0.15, 0.2) is 18.2 Å². The van der Waals surface area contributed by atoms with Crippen LogP contribution in [0.5, 0.6) is 11.5 Å². The summed E-state index contributed by atoms with van der Waals surface area (Å²) >= 11 is 0. The first-order valence-electron chi connectivity index (χ1n) is 5.71. The standard InChI is InChI=1S/C13H17NO5/c1-13(2,3)19-11(17)7-14-12(18)8-4-5-9(15)10(16)6-8/h4-6,15-16H,7H2,1-3H3,(H,14,18). The molecule has 1 amide bonds. The van der Waals surface area contributed by atoms with Crippen molar-refractivity contribution >= 4 is 11.9 Å². The van der Waals surface area contributed by atoms with Crippen LogP contribution in [0, 0.1) is 0 Å². The number of amides is 1. The Morgan fingerprint density at radius 3 is 2.37 bits per heavy atom. The minimum atomic E-state index is -0.612. The van der Waals surface area contributed by atoms with Crippen LogP contribution in [0.4, 0.5) is 0 Å². The third kappa shape index (κ3) is 4.87. The molecule has 0 aliphatic heterocycles. The van der Waals surface area contributed by atoms with E-state index >= 15 is 0 Å². The van der Waals surface area contributed by atoms with Crippen LogP contribution < -0.4 is 5.32 Å². The molecule has 0 unspecified atom stereocenters. The molecule has 0 aromatic heterocycles. The van der Waals surface area contributed by atoms with Crippen molar-refractivity contribution in [2.75, 3.05) is 6.54 Å². The summed E-state index contributed by atoms with van der Waals surface area (Å²) in [6.07, 6.45) is 0. The first-order chi connectivity index (χ1) is 8.69. The summed E-state index contributed by atoms with van der Waals surface area (Å²) < 4.78 is 5.02. The molecule has 0 saturated heterocycles. The van der Waals surface area contributed by atoms with Gasteiger partial charge in [0.05, 0.1) is 0 Å². The van der Waals surface area contributed by atoms with Crippen molar-refractivity contribution < 1.29 is 24.5 Å². The zero-order valence-electron chi connectivity index (χ0n) is 11.1. The first-order valence-corrected chi connectivity index (χ1v) is 5.71. The van der Waals surface area contributed by atoms with E-state index in [0.717, 1.165) is 6.07 Å². The summed E-state index contributed by atoms with van der Waals surface area (Å²) in [4.78, 5) is 23.1. The second-order valence-electron chi connectivity index (χ2n) is 4.97. The van der Waals surface area contributed by atoms with Gasteiger partial charge in [0.2, 0.25) is 0 Å². The van der Waals surface area contributed by atoms with Crippen molar-refractivity contribution in [3.8, 4) is 11.5 Å². The maximum atomic E-state index is 11.7. The summed E-state index contributed by atoms with van der Waals surface area (Å²) in [7, 11) is 0. The van der Waals surface area contributed by atoms with Gasteiger partial charge in [-0.1, -0.05) is 0 Å². The molecule has 1 rings (SSSR count). The molecule has 6 nitrogen and oxygen atoms in total. The molecule has 1 aromatic carbocycles. The van der Waals surface area contributed by atoms with E-state index in [9.17, 15) is 14.7 Å². The average Bonchev–Trinajstić information content (AvgIpc) is 2.27. The van der Waals surface area contributed by atoms with Crippen molar-refractivity contribution in [2.24, 2.45) is 0 Å². The van der Waals surface area contributed by atoms with E-state index in [-0.39, 0.29) is 17.9 Å². The molecule has 0 bridgehead atoms. The minimum absolute atomic E-state index is 0.138. The molecule has 0 fully saturated rings. The molecule has 3 N–H and O–H groups in total. The van der Waals surface area contributed by atoms with E-state index in [1.807, 2.05) is 0 Å². The summed E-state index contributed by atoms with van der Waals surface area (Å²) in [5.74, 6) is -1.81. The Morgan fingerprint density at radius 1 is 1.21 bits per heavy atom. The Hall–Kier alpha value is -2.24. The lowest BCUT2D eigenvalue weighted by atomic mass is 10.2. The lowest BCUT2D eigenvalue weighted by molar-refractivity contribution is -0.153. The van der Waals surface area contributed by atoms with Crippen LogP contribution in [-0.4, -0.2) is 34.2 Å². The third-order valence-corrected chi connectivity index (χ3v) is 2.05. The number of benzene rings is 1. The Bertz CT molecular complexity index is 490. The number of hydrogen-bond acceptors (Lipinski definition) is 5. The maximum absolute atomic E-state index is 11.7. The van der Waals surface area contributed by atoms with Gasteiger partial charge in [-0.3, -0.25) is 9.59 Å². The van der Waals surface area contributed by atoms with E-state index in [0.29, 0.717) is 0 Å². The number of esters is 1. The quantitative estimate of drug-likeness (QED) is 0.564. The van der Waals surface area contributed by atoms with Gasteiger partial charge in [-0.25, -0.2) is 0 Å². The number of carbonyl (C=O) groups is 2. The zero-order chi connectivity index (χ0) is 14.6. The number of aromatic hydroxyl groups is 2. The van der Waals surface area contributed by atoms with Crippen LogP contribution >= 0.6 is 0 Å². The number of hydrogen-bond donors (Lipinski definition) is 3. The minimum Gasteiger partial charge on any atom is -0.504 e. The van der Waals surface area contributed by atoms with Gasteiger partial charge >= 0.3 is 5.97 Å². The third-order valence-electron chi connectivity index (χ3n) is 2.05. The van der Waals surface area contributed by atoms with Crippen LogP contribution in [0.1, 0.15) is 31.1 Å². The molecule has 0 saturated carbocycles. The summed E-state index contributed by atoms with van der Waals surface area (Å²) in [6.45, 7) is 4.91. The van der Waals surface area contributed by atoms with E-state index in [1.165, 1.54) is 12.1 Å². The second-order valence-corrected chi connectivity index (χ2v) is 4.97. The van der Waals surface area contributed by atoms with Gasteiger partial charge in [-0.05, 0) is 39.0 Å². The normalized spacial score (nSPS) is 10.9. The lowest BCUT2D eigenvalue weighted by Gasteiger charge is -2.19. The number of rotatable bonds is 3. The molecule has 0 spiro atoms. The fraction of sp³-hybridized carbons (Fsp3) is 0.385. The van der Waals surface area contributed by atoms with Gasteiger partial charge < -0.3 is 20.3 Å². The van der Waals surface area contributed by atoms with E-state index < -0.39 is 23.2 Å². The fourth-order valence-corrected chi connectivity index (χ4v) is 1.30. The lowest BCUT2D eigenvalue weighted by Crippen LogP contribution is -2.34. The molecule has 0 atom stereocenters. The van der Waals surface area contributed by atoms with Crippen molar-refractivity contribution in [1.29, 1.82) is 0 Å². The number of phenolic OH excluding ortho intramolecular Hbond substituents is 2. The number of ether oxygens (including phenoxy) is 1. The molecule has 19 heavy (non-hydrogen) atoms. The van der Waals surface area contributed by atoms with Crippen LogP contribution in [0.2, 0.25) is 0 Å². The van der Waals surface area contributed by atoms with Crippen molar-refractivity contribution in [3.63, 3.8) is 0 Å². The predicted molar refractivity (Wildman–Crippen MR) is 67.9 cm³/mol. The summed E-state index contributed by atoms with van der Waals surface area (Å²) in [5, 5.41) is 20.7. The van der Waals surface area contributed by atoms with Gasteiger partial charge in [-0.2, -0.15) is 0 Å². The molecule has 104 valence electrons.